The van der Waals surface area contributed by atoms with Crippen LogP contribution in [0.3, 0.4) is 0 Å². The zero-order valence-electron chi connectivity index (χ0n) is 42.6. The number of carbonyl (C=O) groups excluding carboxylic acids is 6. The van der Waals surface area contributed by atoms with E-state index in [0.717, 1.165) is 79.5 Å². The Morgan fingerprint density at radius 1 is 0.817 bits per heavy atom. The van der Waals surface area contributed by atoms with Crippen LogP contribution < -0.4 is 31.3 Å². The molecule has 0 aliphatic carbocycles. The van der Waals surface area contributed by atoms with Crippen LogP contribution in [-0.2, 0) is 30.5 Å². The molecule has 2 heterocycles. The van der Waals surface area contributed by atoms with Crippen molar-refractivity contribution < 1.29 is 43.3 Å². The number of likely N-dealkylation sites (tertiary alicyclic amines) is 1. The smallest absolute Gasteiger partial charge is 0.412 e. The minimum absolute atomic E-state index is 0.00422. The normalized spacial score (nSPS) is 15.1. The maximum atomic E-state index is 13.7. The first kappa shape index (κ1) is 55.6. The number of anilines is 3. The van der Waals surface area contributed by atoms with E-state index in [9.17, 15) is 33.9 Å². The lowest BCUT2D eigenvalue weighted by Gasteiger charge is -2.35. The molecule has 1 aliphatic heterocycles. The number of aliphatic hydroxyl groups excluding tert-OH is 1. The highest BCUT2D eigenvalue weighted by atomic mass is 32.1. The Morgan fingerprint density at radius 3 is 2.06 bits per heavy atom. The summed E-state index contributed by atoms with van der Waals surface area (Å²) < 4.78 is 11.7. The molecule has 0 bridgehead atoms. The average Bonchev–Trinajstić information content (AvgIpc) is 3.92. The maximum Gasteiger partial charge on any atom is 0.412 e. The Morgan fingerprint density at radius 2 is 1.45 bits per heavy atom. The molecular formula is C54H73N7O9S. The van der Waals surface area contributed by atoms with Crippen molar-refractivity contribution in [1.82, 2.24) is 20.5 Å². The lowest BCUT2D eigenvalue weighted by Crippen LogP contribution is -2.57. The number of carbonyl (C=O) groups is 6. The van der Waals surface area contributed by atoms with Gasteiger partial charge in [0.2, 0.25) is 23.6 Å². The van der Waals surface area contributed by atoms with Crippen molar-refractivity contribution in [3.8, 4) is 16.2 Å². The van der Waals surface area contributed by atoms with Crippen molar-refractivity contribution >= 4 is 64.0 Å². The Kier molecular flexibility index (Phi) is 20.5. The summed E-state index contributed by atoms with van der Waals surface area (Å²) in [7, 11) is 0. The molecule has 1 fully saturated rings. The highest BCUT2D eigenvalue weighted by Crippen LogP contribution is 2.33. The Bertz CT molecular complexity index is 2440. The molecule has 0 saturated carbocycles. The molecule has 5 rings (SSSR count). The van der Waals surface area contributed by atoms with Crippen LogP contribution in [0, 0.1) is 12.3 Å². The number of hydrogen-bond donors (Lipinski definition) is 6. The molecule has 1 aromatic heterocycles. The Balaban J connectivity index is 0.986. The number of ether oxygens (including phenoxy) is 2. The van der Waals surface area contributed by atoms with Gasteiger partial charge in [-0.3, -0.25) is 29.3 Å². The summed E-state index contributed by atoms with van der Waals surface area (Å²) in [4.78, 5) is 84.1. The van der Waals surface area contributed by atoms with E-state index in [4.69, 9.17) is 9.47 Å². The molecule has 384 valence electrons. The number of hydrogen-bond acceptors (Lipinski definition) is 11. The van der Waals surface area contributed by atoms with E-state index < -0.39 is 41.2 Å². The second-order valence-electron chi connectivity index (χ2n) is 20.2. The molecule has 1 aliphatic rings. The lowest BCUT2D eigenvalue weighted by molar-refractivity contribution is -0.143. The zero-order chi connectivity index (χ0) is 51.7. The molecule has 4 aromatic rings. The van der Waals surface area contributed by atoms with Crippen LogP contribution >= 0.6 is 11.3 Å². The van der Waals surface area contributed by atoms with Crippen LogP contribution in [0.5, 0.6) is 5.75 Å². The lowest BCUT2D eigenvalue weighted by atomic mass is 9.85. The first-order valence-electron chi connectivity index (χ1n) is 24.7. The fourth-order valence-corrected chi connectivity index (χ4v) is 9.03. The summed E-state index contributed by atoms with van der Waals surface area (Å²) in [6.45, 7) is 14.8. The van der Waals surface area contributed by atoms with Crippen LogP contribution in [0.15, 0.2) is 72.2 Å². The molecule has 0 spiro atoms. The summed E-state index contributed by atoms with van der Waals surface area (Å²) >= 11 is 1.55. The Labute approximate surface area is 422 Å². The highest BCUT2D eigenvalue weighted by molar-refractivity contribution is 7.13. The van der Waals surface area contributed by atoms with Gasteiger partial charge < -0.3 is 40.7 Å². The first-order valence-corrected chi connectivity index (χ1v) is 25.6. The van der Waals surface area contributed by atoms with E-state index in [1.54, 1.807) is 80.6 Å². The molecule has 1 saturated heterocycles. The van der Waals surface area contributed by atoms with E-state index in [1.165, 1.54) is 11.8 Å². The molecule has 0 unspecified atom stereocenters. The molecule has 3 atom stereocenters. The van der Waals surface area contributed by atoms with Gasteiger partial charge in [-0.25, -0.2) is 9.78 Å². The minimum Gasteiger partial charge on any atom is -0.493 e. The third kappa shape index (κ3) is 17.8. The van der Waals surface area contributed by atoms with Gasteiger partial charge in [0.05, 0.1) is 40.2 Å². The van der Waals surface area contributed by atoms with Gasteiger partial charge in [-0.15, -0.1) is 11.3 Å². The summed E-state index contributed by atoms with van der Waals surface area (Å²) in [5.74, 6) is -0.913. The summed E-state index contributed by atoms with van der Waals surface area (Å²) in [5, 5.41) is 24.7. The number of aliphatic hydroxyl groups is 1. The van der Waals surface area contributed by atoms with E-state index >= 15 is 0 Å². The topological polar surface area (TPSA) is 217 Å². The summed E-state index contributed by atoms with van der Waals surface area (Å²) in [6, 6.07) is 17.7. The van der Waals surface area contributed by atoms with Crippen molar-refractivity contribution in [3.63, 3.8) is 0 Å². The van der Waals surface area contributed by atoms with E-state index in [-0.39, 0.29) is 43.1 Å². The van der Waals surface area contributed by atoms with Crippen LogP contribution in [0.4, 0.5) is 21.9 Å². The number of benzene rings is 3. The highest BCUT2D eigenvalue weighted by Gasteiger charge is 2.44. The van der Waals surface area contributed by atoms with Crippen LogP contribution in [0.1, 0.15) is 141 Å². The summed E-state index contributed by atoms with van der Waals surface area (Å²) in [5.41, 5.74) is 5.04. The number of rotatable bonds is 23. The number of thiazole rings is 1. The molecular weight excluding hydrogens is 923 g/mol. The molecule has 17 heteroatoms. The largest absolute Gasteiger partial charge is 0.493 e. The van der Waals surface area contributed by atoms with Crippen LogP contribution in [0.25, 0.3) is 10.4 Å². The number of β-amino-alcohol motifs (C(OH)–C–C–N with tert-alkyl or cyclic N) is 1. The fraction of sp³-hybridized carbons (Fsp3) is 0.500. The number of unbranched alkanes of at least 4 members (excludes halogenated alkanes) is 8. The Hall–Kier alpha value is -6.33. The molecule has 71 heavy (non-hydrogen) atoms. The second-order valence-corrected chi connectivity index (χ2v) is 21.1. The predicted molar refractivity (Wildman–Crippen MR) is 278 cm³/mol. The second kappa shape index (κ2) is 26.2. The van der Waals surface area contributed by atoms with Crippen molar-refractivity contribution in [1.29, 1.82) is 0 Å². The average molecular weight is 996 g/mol. The predicted octanol–water partition coefficient (Wildman–Crippen LogP) is 9.77. The SMILES string of the molecule is CC(=O)N[C@H](C(=O)N1C[C@H](O)C[C@H]1C(=O)NCc1ccc(-c2scnc2C)cc1OCCCCCCCCCCCC(=O)Nc1ccc(C(=O)Nc2ccccc2NC(=O)OC(C)(C)C)cc1)C(C)(C)C. The third-order valence-corrected chi connectivity index (χ3v) is 12.9. The third-order valence-electron chi connectivity index (χ3n) is 11.9. The first-order chi connectivity index (χ1) is 33.7. The molecule has 0 radical (unpaired) electrons. The van der Waals surface area contributed by atoms with Gasteiger partial charge in [0, 0.05) is 49.7 Å². The monoisotopic (exact) mass is 996 g/mol. The fourth-order valence-electron chi connectivity index (χ4n) is 8.22. The van der Waals surface area contributed by atoms with Gasteiger partial charge in [0.1, 0.15) is 23.4 Å². The maximum absolute atomic E-state index is 13.7. The number of aryl methyl sites for hydroxylation is 1. The van der Waals surface area contributed by atoms with Gasteiger partial charge in [0.15, 0.2) is 0 Å². The van der Waals surface area contributed by atoms with E-state index in [0.29, 0.717) is 41.4 Å². The zero-order valence-corrected chi connectivity index (χ0v) is 43.4. The molecule has 6 amide bonds. The number of aromatic nitrogens is 1. The van der Waals surface area contributed by atoms with Gasteiger partial charge in [-0.1, -0.05) is 90.0 Å². The molecule has 3 aromatic carbocycles. The minimum atomic E-state index is -0.886. The van der Waals surface area contributed by atoms with Crippen LogP contribution in [0.2, 0.25) is 0 Å². The van der Waals surface area contributed by atoms with Gasteiger partial charge in [-0.2, -0.15) is 0 Å². The number of para-hydroxylation sites is 2. The van der Waals surface area contributed by atoms with Gasteiger partial charge in [0.25, 0.3) is 5.91 Å². The standard InChI is InChI=1S/C54H73N7O9S/c1-35-47(71-34-56-35)38-23-24-39(32-55-50(66)44-31-41(63)33-61(44)51(67)48(53(3,4)5)57-36(2)62)45(30-38)69-29-19-15-13-11-9-10-12-14-16-22-46(64)58-40-27-25-37(26-28-40)49(65)59-42-20-17-18-21-43(42)60-52(68)70-54(6,7)8/h17-18,20-21,23-28,30,34,41,44,48,63H,9-16,19,22,29,31-33H2,1-8H3,(H,55,66)(H,57,62)(H,58,64)(H,59,65)(H,60,68)/t41-,44+,48-/m1/s1. The van der Waals surface area contributed by atoms with E-state index in [2.05, 4.69) is 31.6 Å². The number of nitrogens with zero attached hydrogens (tertiary/aromatic N) is 2. The number of amides is 6. The van der Waals surface area contributed by atoms with Crippen molar-refractivity contribution in [2.24, 2.45) is 5.41 Å². The van der Waals surface area contributed by atoms with E-state index in [1.807, 2.05) is 51.4 Å². The van der Waals surface area contributed by atoms with Gasteiger partial charge in [-0.05, 0) is 94.0 Å². The summed E-state index contributed by atoms with van der Waals surface area (Å²) in [6.07, 6.45) is 8.10. The molecule has 16 nitrogen and oxygen atoms in total. The van der Waals surface area contributed by atoms with Crippen molar-refractivity contribution in [2.45, 2.75) is 156 Å². The van der Waals surface area contributed by atoms with Crippen molar-refractivity contribution in [3.05, 3.63) is 89.1 Å². The number of nitrogens with one attached hydrogen (secondary N) is 5. The van der Waals surface area contributed by atoms with Gasteiger partial charge >= 0.3 is 6.09 Å². The quantitative estimate of drug-likeness (QED) is 0.0387. The molecule has 6 N–H and O–H groups in total. The van der Waals surface area contributed by atoms with Crippen LogP contribution in [-0.4, -0.2) is 87.6 Å². The van der Waals surface area contributed by atoms with Crippen molar-refractivity contribution in [2.75, 3.05) is 29.1 Å².